The average Bonchev–Trinajstić information content (AvgIpc) is 2.90. The maximum Gasteiger partial charge on any atom is 0.0534 e. The smallest absolute Gasteiger partial charge is 0.0534 e. The van der Waals surface area contributed by atoms with Crippen LogP contribution in [-0.4, -0.2) is 0 Å². The highest BCUT2D eigenvalue weighted by atomic mass is 35.5. The van der Waals surface area contributed by atoms with Gasteiger partial charge in [0, 0.05) is 20.2 Å². The molecule has 0 bridgehead atoms. The van der Waals surface area contributed by atoms with Crippen LogP contribution in [0.25, 0.3) is 31.3 Å². The predicted molar refractivity (Wildman–Crippen MR) is 94.5 cm³/mol. The van der Waals surface area contributed by atoms with Crippen LogP contribution in [0.4, 0.5) is 0 Å². The summed E-state index contributed by atoms with van der Waals surface area (Å²) >= 11 is 8.52. The minimum Gasteiger partial charge on any atom is -0.135 e. The molecule has 0 N–H and O–H groups in total. The van der Waals surface area contributed by atoms with E-state index in [1.54, 1.807) is 0 Å². The summed E-state index contributed by atoms with van der Waals surface area (Å²) in [5.74, 6) is 0. The minimum atomic E-state index is 0.879. The van der Waals surface area contributed by atoms with E-state index in [-0.39, 0.29) is 0 Å². The highest BCUT2D eigenvalue weighted by Crippen LogP contribution is 2.43. The van der Waals surface area contributed by atoms with Crippen molar-refractivity contribution in [1.82, 2.24) is 0 Å². The van der Waals surface area contributed by atoms with E-state index in [0.29, 0.717) is 0 Å². The van der Waals surface area contributed by atoms with E-state index in [4.69, 9.17) is 11.6 Å². The molecular formula is C19H13ClS. The lowest BCUT2D eigenvalue weighted by Gasteiger charge is -2.09. The Bertz CT molecular complexity index is 952. The zero-order valence-electron chi connectivity index (χ0n) is 11.6. The third kappa shape index (κ3) is 1.97. The Morgan fingerprint density at radius 1 is 0.857 bits per heavy atom. The van der Waals surface area contributed by atoms with Crippen LogP contribution < -0.4 is 0 Å². The summed E-state index contributed by atoms with van der Waals surface area (Å²) < 4.78 is 2.55. The fourth-order valence-electron chi connectivity index (χ4n) is 2.86. The molecule has 0 aliphatic heterocycles. The number of rotatable bonds is 1. The van der Waals surface area contributed by atoms with Crippen molar-refractivity contribution < 1.29 is 0 Å². The van der Waals surface area contributed by atoms with Crippen molar-refractivity contribution in [3.05, 3.63) is 71.2 Å². The largest absolute Gasteiger partial charge is 0.135 e. The van der Waals surface area contributed by atoms with Crippen LogP contribution >= 0.6 is 22.9 Å². The van der Waals surface area contributed by atoms with Crippen molar-refractivity contribution in [3.8, 4) is 11.1 Å². The molecule has 1 heterocycles. The van der Waals surface area contributed by atoms with Gasteiger partial charge in [0.05, 0.1) is 5.02 Å². The Kier molecular flexibility index (Phi) is 2.99. The topological polar surface area (TPSA) is 0 Å². The van der Waals surface area contributed by atoms with Gasteiger partial charge in [-0.1, -0.05) is 60.1 Å². The van der Waals surface area contributed by atoms with Gasteiger partial charge in [-0.2, -0.15) is 0 Å². The molecule has 0 radical (unpaired) electrons. The SMILES string of the molecule is Cc1c(-c2ccccc2)cc2sc3ccccc3c2c1Cl. The van der Waals surface area contributed by atoms with Crippen LogP contribution in [0.5, 0.6) is 0 Å². The molecule has 0 saturated heterocycles. The normalized spacial score (nSPS) is 11.3. The molecule has 4 rings (SSSR count). The number of benzene rings is 3. The molecule has 0 atom stereocenters. The lowest BCUT2D eigenvalue weighted by Crippen LogP contribution is -1.85. The first-order valence-corrected chi connectivity index (χ1v) is 8.11. The summed E-state index contributed by atoms with van der Waals surface area (Å²) in [6, 6.07) is 21.2. The second kappa shape index (κ2) is 4.87. The summed E-state index contributed by atoms with van der Waals surface area (Å²) in [5.41, 5.74) is 3.59. The van der Waals surface area contributed by atoms with Gasteiger partial charge < -0.3 is 0 Å². The first-order chi connectivity index (χ1) is 10.3. The van der Waals surface area contributed by atoms with Crippen molar-refractivity contribution in [3.63, 3.8) is 0 Å². The number of hydrogen-bond donors (Lipinski definition) is 0. The lowest BCUT2D eigenvalue weighted by atomic mass is 9.98. The molecular weight excluding hydrogens is 296 g/mol. The molecule has 0 unspecified atom stereocenters. The number of fused-ring (bicyclic) bond motifs is 3. The average molecular weight is 309 g/mol. The van der Waals surface area contributed by atoms with Gasteiger partial charge in [-0.25, -0.2) is 0 Å². The van der Waals surface area contributed by atoms with Gasteiger partial charge >= 0.3 is 0 Å². The van der Waals surface area contributed by atoms with Crippen LogP contribution in [0.15, 0.2) is 60.7 Å². The van der Waals surface area contributed by atoms with E-state index in [1.807, 2.05) is 17.4 Å². The van der Waals surface area contributed by atoms with E-state index >= 15 is 0 Å². The monoisotopic (exact) mass is 308 g/mol. The molecule has 1 aromatic heterocycles. The van der Waals surface area contributed by atoms with E-state index in [0.717, 1.165) is 10.6 Å². The molecule has 102 valence electrons. The second-order valence-electron chi connectivity index (χ2n) is 5.20. The van der Waals surface area contributed by atoms with Crippen LogP contribution in [0.1, 0.15) is 5.56 Å². The third-order valence-electron chi connectivity index (χ3n) is 3.94. The summed E-state index contributed by atoms with van der Waals surface area (Å²) in [6.07, 6.45) is 0. The predicted octanol–water partition coefficient (Wildman–Crippen LogP) is 6.68. The molecule has 0 spiro atoms. The van der Waals surface area contributed by atoms with Gasteiger partial charge in [0.2, 0.25) is 0 Å². The van der Waals surface area contributed by atoms with Crippen LogP contribution in [0, 0.1) is 6.92 Å². The van der Waals surface area contributed by atoms with Gasteiger partial charge in [0.1, 0.15) is 0 Å². The fraction of sp³-hybridized carbons (Fsp3) is 0.0526. The number of thiophene rings is 1. The summed E-state index contributed by atoms with van der Waals surface area (Å²) in [4.78, 5) is 0. The summed E-state index contributed by atoms with van der Waals surface area (Å²) in [6.45, 7) is 2.11. The van der Waals surface area contributed by atoms with Gasteiger partial charge in [-0.15, -0.1) is 11.3 Å². The minimum absolute atomic E-state index is 0.879. The molecule has 2 heteroatoms. The Balaban J connectivity index is 2.12. The standard InChI is InChI=1S/C19H13ClS/c1-12-15(13-7-3-2-4-8-13)11-17-18(19(12)20)14-9-5-6-10-16(14)21-17/h2-11H,1H3. The maximum absolute atomic E-state index is 6.71. The molecule has 4 aromatic rings. The van der Waals surface area contributed by atoms with Crippen molar-refractivity contribution in [2.24, 2.45) is 0 Å². The zero-order chi connectivity index (χ0) is 14.4. The van der Waals surface area contributed by atoms with Gasteiger partial charge in [0.15, 0.2) is 0 Å². The number of hydrogen-bond acceptors (Lipinski definition) is 1. The van der Waals surface area contributed by atoms with Crippen LogP contribution in [-0.2, 0) is 0 Å². The summed E-state index contributed by atoms with van der Waals surface area (Å²) in [5, 5.41) is 3.32. The van der Waals surface area contributed by atoms with Crippen LogP contribution in [0.2, 0.25) is 5.02 Å². The fourth-order valence-corrected chi connectivity index (χ4v) is 4.37. The van der Waals surface area contributed by atoms with Crippen molar-refractivity contribution in [1.29, 1.82) is 0 Å². The van der Waals surface area contributed by atoms with E-state index in [2.05, 4.69) is 61.5 Å². The Hall–Kier alpha value is -1.83. The first kappa shape index (κ1) is 12.9. The van der Waals surface area contributed by atoms with E-state index in [9.17, 15) is 0 Å². The second-order valence-corrected chi connectivity index (χ2v) is 6.66. The molecule has 0 nitrogen and oxygen atoms in total. The number of halogens is 1. The Morgan fingerprint density at radius 2 is 1.57 bits per heavy atom. The molecule has 0 aliphatic carbocycles. The molecule has 21 heavy (non-hydrogen) atoms. The van der Waals surface area contributed by atoms with E-state index in [1.165, 1.54) is 31.3 Å². The van der Waals surface area contributed by atoms with Gasteiger partial charge in [-0.3, -0.25) is 0 Å². The van der Waals surface area contributed by atoms with E-state index < -0.39 is 0 Å². The highest BCUT2D eigenvalue weighted by Gasteiger charge is 2.14. The van der Waals surface area contributed by atoms with Gasteiger partial charge in [-0.05, 0) is 35.7 Å². The van der Waals surface area contributed by atoms with Crippen molar-refractivity contribution >= 4 is 43.1 Å². The summed E-state index contributed by atoms with van der Waals surface area (Å²) in [7, 11) is 0. The molecule has 0 fully saturated rings. The van der Waals surface area contributed by atoms with Crippen molar-refractivity contribution in [2.75, 3.05) is 0 Å². The lowest BCUT2D eigenvalue weighted by molar-refractivity contribution is 1.49. The molecule has 0 amide bonds. The highest BCUT2D eigenvalue weighted by molar-refractivity contribution is 7.26. The quantitative estimate of drug-likeness (QED) is 0.368. The maximum atomic E-state index is 6.71. The molecule has 0 aliphatic rings. The first-order valence-electron chi connectivity index (χ1n) is 6.91. The Labute approximate surface area is 132 Å². The zero-order valence-corrected chi connectivity index (χ0v) is 13.1. The van der Waals surface area contributed by atoms with Crippen LogP contribution in [0.3, 0.4) is 0 Å². The van der Waals surface area contributed by atoms with Crippen molar-refractivity contribution in [2.45, 2.75) is 6.92 Å². The molecule has 0 saturated carbocycles. The molecule has 3 aromatic carbocycles. The van der Waals surface area contributed by atoms with Gasteiger partial charge in [0.25, 0.3) is 0 Å². The third-order valence-corrected chi connectivity index (χ3v) is 5.53. The Morgan fingerprint density at radius 3 is 2.38 bits per heavy atom.